The van der Waals surface area contributed by atoms with Gasteiger partial charge in [-0.1, -0.05) is 42.5 Å². The van der Waals surface area contributed by atoms with E-state index in [9.17, 15) is 4.79 Å². The van der Waals surface area contributed by atoms with E-state index in [4.69, 9.17) is 5.73 Å². The Labute approximate surface area is 154 Å². The lowest BCUT2D eigenvalue weighted by molar-refractivity contribution is -0.131. The maximum absolute atomic E-state index is 12.6. The summed E-state index contributed by atoms with van der Waals surface area (Å²) in [7, 11) is 0. The van der Waals surface area contributed by atoms with Gasteiger partial charge in [-0.2, -0.15) is 0 Å². The van der Waals surface area contributed by atoms with Crippen molar-refractivity contribution in [2.75, 3.05) is 19.6 Å². The summed E-state index contributed by atoms with van der Waals surface area (Å²) in [6.07, 6.45) is 1.89. The fourth-order valence-corrected chi connectivity index (χ4v) is 3.15. The van der Waals surface area contributed by atoms with Gasteiger partial charge in [0.15, 0.2) is 0 Å². The van der Waals surface area contributed by atoms with Gasteiger partial charge >= 0.3 is 0 Å². The molecule has 136 valence electrons. The average Bonchev–Trinajstić information content (AvgIpc) is 3.08. The zero-order chi connectivity index (χ0) is 18.4. The topological polar surface area (TPSA) is 75.0 Å². The van der Waals surface area contributed by atoms with E-state index in [1.54, 1.807) is 0 Å². The molecule has 5 nitrogen and oxygen atoms in total. The third-order valence-electron chi connectivity index (χ3n) is 4.60. The predicted molar refractivity (Wildman–Crippen MR) is 105 cm³/mol. The van der Waals surface area contributed by atoms with Crippen LogP contribution in [0.4, 0.5) is 0 Å². The maximum atomic E-state index is 12.6. The fraction of sp³-hybridized carbons (Fsp3) is 0.333. The van der Waals surface area contributed by atoms with Gasteiger partial charge in [0.25, 0.3) is 0 Å². The first-order valence-electron chi connectivity index (χ1n) is 9.13. The Bertz CT molecular complexity index is 857. The Morgan fingerprint density at radius 1 is 1.08 bits per heavy atom. The Morgan fingerprint density at radius 2 is 1.88 bits per heavy atom. The van der Waals surface area contributed by atoms with Gasteiger partial charge in [-0.05, 0) is 30.5 Å². The van der Waals surface area contributed by atoms with Crippen LogP contribution in [0.25, 0.3) is 11.0 Å². The van der Waals surface area contributed by atoms with E-state index in [0.717, 1.165) is 28.8 Å². The molecule has 0 spiro atoms. The van der Waals surface area contributed by atoms with Crippen molar-refractivity contribution in [3.05, 3.63) is 65.5 Å². The second kappa shape index (κ2) is 8.63. The van der Waals surface area contributed by atoms with Crippen molar-refractivity contribution in [3.8, 4) is 0 Å². The van der Waals surface area contributed by atoms with Crippen molar-refractivity contribution >= 4 is 16.9 Å². The molecule has 0 aliphatic rings. The number of H-pyrrole nitrogens is 1. The van der Waals surface area contributed by atoms with Crippen molar-refractivity contribution < 1.29 is 4.79 Å². The van der Waals surface area contributed by atoms with E-state index >= 15 is 0 Å². The van der Waals surface area contributed by atoms with Crippen LogP contribution in [0.15, 0.2) is 48.5 Å². The van der Waals surface area contributed by atoms with Crippen LogP contribution in [0.2, 0.25) is 0 Å². The summed E-state index contributed by atoms with van der Waals surface area (Å²) in [6.45, 7) is 3.80. The molecule has 1 heterocycles. The highest BCUT2D eigenvalue weighted by Gasteiger charge is 2.14. The molecule has 3 N–H and O–H groups in total. The van der Waals surface area contributed by atoms with Crippen molar-refractivity contribution in [2.24, 2.45) is 5.73 Å². The van der Waals surface area contributed by atoms with Gasteiger partial charge in [-0.3, -0.25) is 4.79 Å². The molecule has 0 unspecified atom stereocenters. The highest BCUT2D eigenvalue weighted by Crippen LogP contribution is 2.16. The lowest BCUT2D eigenvalue weighted by Crippen LogP contribution is -2.37. The van der Waals surface area contributed by atoms with Gasteiger partial charge in [0.05, 0.1) is 11.0 Å². The highest BCUT2D eigenvalue weighted by molar-refractivity contribution is 5.79. The van der Waals surface area contributed by atoms with Gasteiger partial charge in [0, 0.05) is 32.5 Å². The van der Waals surface area contributed by atoms with Crippen LogP contribution in [0.1, 0.15) is 23.4 Å². The maximum Gasteiger partial charge on any atom is 0.223 e. The van der Waals surface area contributed by atoms with Crippen LogP contribution in [0.5, 0.6) is 0 Å². The van der Waals surface area contributed by atoms with E-state index in [-0.39, 0.29) is 5.91 Å². The third kappa shape index (κ3) is 4.49. The molecule has 1 amide bonds. The average molecular weight is 350 g/mol. The molecule has 5 heteroatoms. The lowest BCUT2D eigenvalue weighted by Gasteiger charge is -2.22. The number of benzene rings is 2. The second-order valence-electron chi connectivity index (χ2n) is 6.56. The summed E-state index contributed by atoms with van der Waals surface area (Å²) in [5.41, 5.74) is 10.1. The number of fused-ring (bicyclic) bond motifs is 1. The molecule has 0 radical (unpaired) electrons. The van der Waals surface area contributed by atoms with E-state index < -0.39 is 0 Å². The number of nitrogens with zero attached hydrogens (tertiary/aromatic N) is 2. The minimum atomic E-state index is 0.128. The first-order valence-corrected chi connectivity index (χ1v) is 9.13. The molecule has 0 saturated heterocycles. The molecule has 0 bridgehead atoms. The normalized spacial score (nSPS) is 11.0. The summed E-state index contributed by atoms with van der Waals surface area (Å²) < 4.78 is 0. The molecular weight excluding hydrogens is 324 g/mol. The third-order valence-corrected chi connectivity index (χ3v) is 4.60. The minimum absolute atomic E-state index is 0.128. The number of nitrogens with one attached hydrogen (secondary N) is 1. The Morgan fingerprint density at radius 3 is 2.62 bits per heavy atom. The first kappa shape index (κ1) is 18.1. The monoisotopic (exact) mass is 350 g/mol. The number of aromatic nitrogens is 2. The molecule has 2 aromatic carbocycles. The van der Waals surface area contributed by atoms with E-state index in [1.807, 2.05) is 48.2 Å². The number of hydrogen-bond donors (Lipinski definition) is 2. The zero-order valence-electron chi connectivity index (χ0n) is 15.2. The van der Waals surface area contributed by atoms with Crippen molar-refractivity contribution in [3.63, 3.8) is 0 Å². The standard InChI is InChI=1S/C21H26N4O/c1-16-6-5-9-18-21(16)24-19(23-18)10-11-20(26)25(15-13-22)14-12-17-7-3-2-4-8-17/h2-9H,10-15,22H2,1H3,(H,23,24). The molecule has 3 rings (SSSR count). The number of nitrogens with two attached hydrogens (primary N) is 1. The summed E-state index contributed by atoms with van der Waals surface area (Å²) in [5, 5.41) is 0. The first-order chi connectivity index (χ1) is 12.7. The van der Waals surface area contributed by atoms with Crippen LogP contribution in [-0.2, 0) is 17.6 Å². The Balaban J connectivity index is 1.59. The zero-order valence-corrected chi connectivity index (χ0v) is 15.2. The second-order valence-corrected chi connectivity index (χ2v) is 6.56. The van der Waals surface area contributed by atoms with Crippen LogP contribution in [-0.4, -0.2) is 40.4 Å². The van der Waals surface area contributed by atoms with Gasteiger partial charge in [-0.15, -0.1) is 0 Å². The number of rotatable bonds is 8. The molecule has 0 aliphatic carbocycles. The number of para-hydroxylation sites is 1. The van der Waals surface area contributed by atoms with Crippen molar-refractivity contribution in [2.45, 2.75) is 26.2 Å². The fourth-order valence-electron chi connectivity index (χ4n) is 3.15. The lowest BCUT2D eigenvalue weighted by atomic mass is 10.1. The highest BCUT2D eigenvalue weighted by atomic mass is 16.2. The van der Waals surface area contributed by atoms with Gasteiger partial charge < -0.3 is 15.6 Å². The molecule has 0 atom stereocenters. The Kier molecular flexibility index (Phi) is 6.02. The summed E-state index contributed by atoms with van der Waals surface area (Å²) in [4.78, 5) is 22.4. The summed E-state index contributed by atoms with van der Waals surface area (Å²) in [5.74, 6) is 0.988. The predicted octanol–water partition coefficient (Wildman–Crippen LogP) is 2.83. The number of carbonyl (C=O) groups excluding carboxylic acids is 1. The number of imidazole rings is 1. The number of aromatic amines is 1. The molecular formula is C21H26N4O. The molecule has 3 aromatic rings. The number of amides is 1. The van der Waals surface area contributed by atoms with Gasteiger partial charge in [-0.25, -0.2) is 4.98 Å². The number of aryl methyl sites for hydroxylation is 2. The SMILES string of the molecule is Cc1cccc2[nH]c(CCC(=O)N(CCN)CCc3ccccc3)nc12. The quantitative estimate of drug-likeness (QED) is 0.656. The van der Waals surface area contributed by atoms with Crippen LogP contribution in [0, 0.1) is 6.92 Å². The van der Waals surface area contributed by atoms with Gasteiger partial charge in [0.2, 0.25) is 5.91 Å². The van der Waals surface area contributed by atoms with E-state index in [1.165, 1.54) is 5.56 Å². The van der Waals surface area contributed by atoms with Crippen LogP contribution < -0.4 is 5.73 Å². The molecule has 26 heavy (non-hydrogen) atoms. The minimum Gasteiger partial charge on any atom is -0.342 e. The summed E-state index contributed by atoms with van der Waals surface area (Å²) in [6, 6.07) is 16.3. The molecule has 0 saturated carbocycles. The smallest absolute Gasteiger partial charge is 0.223 e. The molecule has 0 aliphatic heterocycles. The van der Waals surface area contributed by atoms with Crippen molar-refractivity contribution in [1.82, 2.24) is 14.9 Å². The molecule has 1 aromatic heterocycles. The van der Waals surface area contributed by atoms with Gasteiger partial charge in [0.1, 0.15) is 5.82 Å². The van der Waals surface area contributed by atoms with Crippen molar-refractivity contribution in [1.29, 1.82) is 0 Å². The van der Waals surface area contributed by atoms with E-state index in [2.05, 4.69) is 22.1 Å². The van der Waals surface area contributed by atoms with E-state index in [0.29, 0.717) is 32.5 Å². The van der Waals surface area contributed by atoms with Crippen LogP contribution >= 0.6 is 0 Å². The molecule has 0 fully saturated rings. The van der Waals surface area contributed by atoms with Crippen LogP contribution in [0.3, 0.4) is 0 Å². The Hall–Kier alpha value is -2.66. The number of hydrogen-bond acceptors (Lipinski definition) is 3. The number of carbonyl (C=O) groups is 1. The largest absolute Gasteiger partial charge is 0.342 e. The summed E-state index contributed by atoms with van der Waals surface area (Å²) >= 11 is 0.